The van der Waals surface area contributed by atoms with Crippen LogP contribution in [-0.4, -0.2) is 22.8 Å². The second kappa shape index (κ2) is 6.87. The number of aliphatic hydroxyl groups excluding tert-OH is 1. The Morgan fingerprint density at radius 1 is 1.32 bits per heavy atom. The largest absolute Gasteiger partial charge is 0.392 e. The molecule has 0 saturated carbocycles. The molecular weight excluding hydrogens is 240 g/mol. The molecule has 1 rings (SSSR count). The van der Waals surface area contributed by atoms with Crippen molar-refractivity contribution in [3.63, 3.8) is 0 Å². The summed E-state index contributed by atoms with van der Waals surface area (Å²) in [5.41, 5.74) is 6.19. The summed E-state index contributed by atoms with van der Waals surface area (Å²) in [6, 6.07) is 6.13. The summed E-state index contributed by atoms with van der Waals surface area (Å²) in [5.74, 6) is 0.222. The lowest BCUT2D eigenvalue weighted by Gasteiger charge is -2.10. The van der Waals surface area contributed by atoms with Gasteiger partial charge in [0.1, 0.15) is 0 Å². The monoisotopic (exact) mass is 260 g/mol. The molecule has 0 aliphatic heterocycles. The van der Waals surface area contributed by atoms with E-state index in [2.05, 4.69) is 24.2 Å². The maximum absolute atomic E-state index is 9.08. The molecule has 0 heterocycles. The van der Waals surface area contributed by atoms with Crippen molar-refractivity contribution >= 4 is 5.84 Å². The molecule has 0 aliphatic carbocycles. The zero-order valence-corrected chi connectivity index (χ0v) is 11.4. The van der Waals surface area contributed by atoms with Gasteiger partial charge < -0.3 is 5.11 Å². The third-order valence-corrected chi connectivity index (χ3v) is 2.92. The van der Waals surface area contributed by atoms with Gasteiger partial charge in [0.05, 0.1) is 13.2 Å². The number of aliphatic hydroxyl groups is 1. The molecule has 0 bridgehead atoms. The minimum absolute atomic E-state index is 0.219. The minimum atomic E-state index is -0.219. The van der Waals surface area contributed by atoms with Crippen molar-refractivity contribution in [1.29, 1.82) is 0 Å². The van der Waals surface area contributed by atoms with E-state index < -0.39 is 0 Å². The molecule has 102 valence electrons. The van der Waals surface area contributed by atoms with E-state index in [1.54, 1.807) is 0 Å². The first-order valence-corrected chi connectivity index (χ1v) is 5.98. The maximum Gasteiger partial charge on any atom is 0.152 e. The lowest BCUT2D eigenvalue weighted by Crippen LogP contribution is -2.22. The predicted molar refractivity (Wildman–Crippen MR) is 77.3 cm³/mol. The van der Waals surface area contributed by atoms with Gasteiger partial charge in [-0.25, -0.2) is 0 Å². The molecule has 0 aliphatic rings. The summed E-state index contributed by atoms with van der Waals surface area (Å²) in [5, 5.41) is 18.1. The fourth-order valence-electron chi connectivity index (χ4n) is 1.60. The number of benzene rings is 1. The normalized spacial score (nSPS) is 11.3. The van der Waals surface area contributed by atoms with Gasteiger partial charge in [0.2, 0.25) is 0 Å². The molecule has 0 amide bonds. The van der Waals surface area contributed by atoms with E-state index in [1.807, 2.05) is 31.5 Å². The Morgan fingerprint density at radius 2 is 2.00 bits per heavy atom. The number of rotatable bonds is 5. The van der Waals surface area contributed by atoms with Gasteiger partial charge in [-0.2, -0.15) is 0 Å². The Balaban J connectivity index is 2.91. The molecule has 19 heavy (non-hydrogen) atoms. The topological polar surface area (TPSA) is 64.9 Å². The first-order chi connectivity index (χ1) is 8.99. The lowest BCUT2D eigenvalue weighted by atomic mass is 10.1. The van der Waals surface area contributed by atoms with Gasteiger partial charge in [0.25, 0.3) is 0 Å². The first kappa shape index (κ1) is 15.1. The minimum Gasteiger partial charge on any atom is -0.392 e. The Labute approximate surface area is 113 Å². The molecule has 4 heteroatoms. The highest BCUT2D eigenvalue weighted by Crippen LogP contribution is 2.13. The SMILES string of the molecule is C=C(CO)C(=C)C(=NCc1cc(C)ccc1C)NO. The summed E-state index contributed by atoms with van der Waals surface area (Å²) >= 11 is 0. The molecule has 0 fully saturated rings. The molecule has 0 aromatic heterocycles. The highest BCUT2D eigenvalue weighted by Gasteiger charge is 2.07. The quantitative estimate of drug-likeness (QED) is 0.329. The van der Waals surface area contributed by atoms with Crippen LogP contribution in [0.4, 0.5) is 0 Å². The molecule has 3 N–H and O–H groups in total. The van der Waals surface area contributed by atoms with E-state index in [1.165, 1.54) is 0 Å². The number of nitrogens with zero attached hydrogens (tertiary/aromatic N) is 1. The summed E-state index contributed by atoms with van der Waals surface area (Å²) in [4.78, 5) is 4.27. The van der Waals surface area contributed by atoms with Crippen LogP contribution in [0.2, 0.25) is 0 Å². The van der Waals surface area contributed by atoms with Crippen molar-refractivity contribution in [2.45, 2.75) is 20.4 Å². The van der Waals surface area contributed by atoms with Crippen molar-refractivity contribution in [2.24, 2.45) is 4.99 Å². The van der Waals surface area contributed by atoms with Crippen molar-refractivity contribution in [3.05, 3.63) is 59.2 Å². The van der Waals surface area contributed by atoms with Crippen LogP contribution < -0.4 is 5.48 Å². The van der Waals surface area contributed by atoms with Crippen LogP contribution >= 0.6 is 0 Å². The van der Waals surface area contributed by atoms with Gasteiger partial charge in [-0.3, -0.25) is 15.7 Å². The average molecular weight is 260 g/mol. The number of hydrogen-bond donors (Lipinski definition) is 3. The van der Waals surface area contributed by atoms with Gasteiger partial charge in [0.15, 0.2) is 5.84 Å². The Kier molecular flexibility index (Phi) is 5.48. The first-order valence-electron chi connectivity index (χ1n) is 5.98. The third-order valence-electron chi connectivity index (χ3n) is 2.92. The molecule has 0 saturated heterocycles. The molecule has 0 atom stereocenters. The van der Waals surface area contributed by atoms with Crippen molar-refractivity contribution < 1.29 is 10.3 Å². The Bertz CT molecular complexity index is 519. The molecule has 0 spiro atoms. The smallest absolute Gasteiger partial charge is 0.152 e. The average Bonchev–Trinajstić information content (AvgIpc) is 2.41. The second-order valence-electron chi connectivity index (χ2n) is 4.45. The van der Waals surface area contributed by atoms with E-state index in [0.29, 0.717) is 17.7 Å². The molecule has 4 nitrogen and oxygen atoms in total. The summed E-state index contributed by atoms with van der Waals surface area (Å²) in [6.07, 6.45) is 0. The third kappa shape index (κ3) is 4.05. The number of hydroxylamine groups is 1. The van der Waals surface area contributed by atoms with Crippen LogP contribution in [0, 0.1) is 13.8 Å². The highest BCUT2D eigenvalue weighted by atomic mass is 16.5. The zero-order valence-electron chi connectivity index (χ0n) is 11.4. The molecule has 0 radical (unpaired) electrons. The van der Waals surface area contributed by atoms with Crippen molar-refractivity contribution in [1.82, 2.24) is 5.48 Å². The number of nitrogens with one attached hydrogen (secondary N) is 1. The van der Waals surface area contributed by atoms with E-state index >= 15 is 0 Å². The van der Waals surface area contributed by atoms with Crippen LogP contribution in [0.15, 0.2) is 47.5 Å². The summed E-state index contributed by atoms with van der Waals surface area (Å²) < 4.78 is 0. The molecule has 1 aromatic carbocycles. The number of hydrogen-bond acceptors (Lipinski definition) is 3. The fraction of sp³-hybridized carbons (Fsp3) is 0.267. The van der Waals surface area contributed by atoms with Gasteiger partial charge in [-0.15, -0.1) is 0 Å². The van der Waals surface area contributed by atoms with Gasteiger partial charge in [-0.1, -0.05) is 36.9 Å². The second-order valence-corrected chi connectivity index (χ2v) is 4.45. The summed E-state index contributed by atoms with van der Waals surface area (Å²) in [7, 11) is 0. The van der Waals surface area contributed by atoms with Crippen LogP contribution in [-0.2, 0) is 6.54 Å². The molecular formula is C15H20N2O2. The fourth-order valence-corrected chi connectivity index (χ4v) is 1.60. The Morgan fingerprint density at radius 3 is 2.58 bits per heavy atom. The Hall–Kier alpha value is -1.91. The van der Waals surface area contributed by atoms with Crippen LogP contribution in [0.3, 0.4) is 0 Å². The van der Waals surface area contributed by atoms with E-state index in [4.69, 9.17) is 10.3 Å². The maximum atomic E-state index is 9.08. The van der Waals surface area contributed by atoms with Crippen LogP contribution in [0.1, 0.15) is 16.7 Å². The van der Waals surface area contributed by atoms with Gasteiger partial charge in [0, 0.05) is 5.57 Å². The van der Waals surface area contributed by atoms with Crippen LogP contribution in [0.25, 0.3) is 0 Å². The number of amidine groups is 1. The van der Waals surface area contributed by atoms with Crippen molar-refractivity contribution in [2.75, 3.05) is 6.61 Å². The number of aryl methyl sites for hydroxylation is 2. The van der Waals surface area contributed by atoms with E-state index in [0.717, 1.165) is 16.7 Å². The van der Waals surface area contributed by atoms with E-state index in [9.17, 15) is 0 Å². The zero-order chi connectivity index (χ0) is 14.4. The van der Waals surface area contributed by atoms with Gasteiger partial charge >= 0.3 is 0 Å². The number of aliphatic imine (C=N–C) groups is 1. The predicted octanol–water partition coefficient (Wildman–Crippen LogP) is 2.29. The van der Waals surface area contributed by atoms with Gasteiger partial charge in [-0.05, 0) is 30.5 Å². The lowest BCUT2D eigenvalue weighted by molar-refractivity contribution is 0.234. The van der Waals surface area contributed by atoms with Crippen molar-refractivity contribution in [3.8, 4) is 0 Å². The highest BCUT2D eigenvalue weighted by molar-refractivity contribution is 6.00. The standard InChI is InChI=1S/C15H20N2O2/c1-10-5-6-11(2)14(7-10)8-16-15(17-19)13(4)12(3)9-18/h5-7,18-19H,3-4,8-9H2,1-2H3,(H,16,17). The van der Waals surface area contributed by atoms with Crippen LogP contribution in [0.5, 0.6) is 0 Å². The molecule has 0 unspecified atom stereocenters. The molecule has 1 aromatic rings. The van der Waals surface area contributed by atoms with E-state index in [-0.39, 0.29) is 12.4 Å². The summed E-state index contributed by atoms with van der Waals surface area (Å²) in [6.45, 7) is 11.6.